The summed E-state index contributed by atoms with van der Waals surface area (Å²) in [5, 5.41) is 2.65. The van der Waals surface area contributed by atoms with Crippen LogP contribution in [-0.4, -0.2) is 42.6 Å². The highest BCUT2D eigenvalue weighted by Crippen LogP contribution is 2.37. The van der Waals surface area contributed by atoms with Gasteiger partial charge in [0.05, 0.1) is 17.0 Å². The third-order valence-electron chi connectivity index (χ3n) is 5.37. The minimum absolute atomic E-state index is 0.00484. The summed E-state index contributed by atoms with van der Waals surface area (Å²) >= 11 is 6.19. The molecule has 0 saturated carbocycles. The van der Waals surface area contributed by atoms with Crippen LogP contribution in [0.15, 0.2) is 41.6 Å². The van der Waals surface area contributed by atoms with Gasteiger partial charge in [-0.15, -0.1) is 0 Å². The van der Waals surface area contributed by atoms with Crippen LogP contribution in [0.5, 0.6) is 5.75 Å². The van der Waals surface area contributed by atoms with Crippen LogP contribution in [0.4, 0.5) is 13.2 Å². The highest BCUT2D eigenvalue weighted by atomic mass is 35.5. The minimum atomic E-state index is -5.00. The van der Waals surface area contributed by atoms with Crippen LogP contribution in [0, 0.1) is 0 Å². The van der Waals surface area contributed by atoms with Gasteiger partial charge in [-0.1, -0.05) is 11.6 Å². The van der Waals surface area contributed by atoms with Gasteiger partial charge in [-0.25, -0.2) is 17.4 Å². The molecule has 0 bridgehead atoms. The Kier molecular flexibility index (Phi) is 5.58. The molecule has 12 heteroatoms. The van der Waals surface area contributed by atoms with Gasteiger partial charge in [0.15, 0.2) is 5.65 Å². The van der Waals surface area contributed by atoms with Gasteiger partial charge >= 0.3 is 12.1 Å². The van der Waals surface area contributed by atoms with Crippen LogP contribution in [0.3, 0.4) is 0 Å². The number of pyridine rings is 1. The summed E-state index contributed by atoms with van der Waals surface area (Å²) in [6.07, 6.45) is -2.03. The van der Waals surface area contributed by atoms with Crippen LogP contribution in [-0.2, 0) is 27.7 Å². The lowest BCUT2D eigenvalue weighted by atomic mass is 9.87. The Bertz CT molecular complexity index is 1320. The first kappa shape index (κ1) is 22.4. The van der Waals surface area contributed by atoms with Crippen molar-refractivity contribution in [3.05, 3.63) is 52.8 Å². The molecule has 2 heterocycles. The maximum atomic E-state index is 13.5. The second-order valence-electron chi connectivity index (χ2n) is 7.29. The van der Waals surface area contributed by atoms with E-state index < -0.39 is 28.1 Å². The molecule has 3 aromatic rings. The summed E-state index contributed by atoms with van der Waals surface area (Å²) in [6, 6.07) is 5.31. The molecule has 0 saturated heterocycles. The second kappa shape index (κ2) is 7.96. The highest BCUT2D eigenvalue weighted by Gasteiger charge is 2.40. The topological polar surface area (TPSA) is 90.3 Å². The van der Waals surface area contributed by atoms with Crippen molar-refractivity contribution in [2.75, 3.05) is 7.11 Å². The fourth-order valence-electron chi connectivity index (χ4n) is 3.92. The number of halogens is 4. The predicted octanol–water partition coefficient (Wildman–Crippen LogP) is 3.47. The van der Waals surface area contributed by atoms with E-state index >= 15 is 0 Å². The zero-order chi connectivity index (χ0) is 23.3. The molecule has 1 N–H and O–H groups in total. The van der Waals surface area contributed by atoms with E-state index in [1.165, 1.54) is 31.6 Å². The van der Waals surface area contributed by atoms with Crippen LogP contribution in [0.25, 0.3) is 11.0 Å². The van der Waals surface area contributed by atoms with Crippen LogP contribution >= 0.6 is 11.6 Å². The standard InChI is InChI=1S/C20H17ClF3N3O4S/c1-31-16-6-7-17(12-5-4-11(9-14(12)16)26-19(28)20(22,23)24)32(29,30)27-10-15(21)13-3-2-8-25-18(13)27/h2-3,6-8,10-11H,4-5,9H2,1H3,(H,26,28)/t11-/m0/s1. The van der Waals surface area contributed by atoms with Crippen molar-refractivity contribution in [3.8, 4) is 5.75 Å². The fourth-order valence-corrected chi connectivity index (χ4v) is 5.83. The quantitative estimate of drug-likeness (QED) is 0.608. The molecule has 0 spiro atoms. The second-order valence-corrected chi connectivity index (χ2v) is 9.48. The number of hydrogen-bond donors (Lipinski definition) is 1. The van der Waals surface area contributed by atoms with Crippen molar-refractivity contribution in [1.82, 2.24) is 14.3 Å². The van der Waals surface area contributed by atoms with Crippen molar-refractivity contribution in [2.45, 2.75) is 36.4 Å². The van der Waals surface area contributed by atoms with E-state index in [-0.39, 0.29) is 34.8 Å². The molecule has 7 nitrogen and oxygen atoms in total. The summed E-state index contributed by atoms with van der Waals surface area (Å²) in [5.74, 6) is -1.70. The lowest BCUT2D eigenvalue weighted by Crippen LogP contribution is -2.45. The predicted molar refractivity (Wildman–Crippen MR) is 110 cm³/mol. The molecule has 1 aliphatic carbocycles. The third-order valence-corrected chi connectivity index (χ3v) is 7.41. The van der Waals surface area contributed by atoms with E-state index in [0.717, 1.165) is 3.97 Å². The average Bonchev–Trinajstić information content (AvgIpc) is 3.09. The molecule has 1 aliphatic rings. The number of ether oxygens (including phenoxy) is 1. The van der Waals surface area contributed by atoms with Gasteiger partial charge in [0.25, 0.3) is 10.0 Å². The SMILES string of the molecule is COc1ccc(S(=O)(=O)n2cc(Cl)c3cccnc32)c2c1C[C@@H](NC(=O)C(F)(F)F)CC2. The lowest BCUT2D eigenvalue weighted by molar-refractivity contribution is -0.174. The van der Waals surface area contributed by atoms with E-state index in [4.69, 9.17) is 16.3 Å². The molecule has 2 aromatic heterocycles. The molecule has 0 unspecified atom stereocenters. The molecule has 1 aromatic carbocycles. The van der Waals surface area contributed by atoms with E-state index in [1.54, 1.807) is 12.1 Å². The van der Waals surface area contributed by atoms with Crippen LogP contribution in [0.2, 0.25) is 5.02 Å². The number of carbonyl (C=O) groups excluding carboxylic acids is 1. The summed E-state index contributed by atoms with van der Waals surface area (Å²) in [4.78, 5) is 15.5. The number of methoxy groups -OCH3 is 1. The van der Waals surface area contributed by atoms with Crippen LogP contribution in [0.1, 0.15) is 17.5 Å². The Morgan fingerprint density at radius 3 is 2.72 bits per heavy atom. The average molecular weight is 488 g/mol. The maximum absolute atomic E-state index is 13.5. The summed E-state index contributed by atoms with van der Waals surface area (Å²) in [5.41, 5.74) is 1.02. The summed E-state index contributed by atoms with van der Waals surface area (Å²) in [7, 11) is -2.75. The van der Waals surface area contributed by atoms with Crippen molar-refractivity contribution in [2.24, 2.45) is 0 Å². The molecule has 0 fully saturated rings. The number of nitrogens with one attached hydrogen (secondary N) is 1. The van der Waals surface area contributed by atoms with Gasteiger partial charge in [-0.05, 0) is 49.1 Å². The van der Waals surface area contributed by atoms with E-state index in [0.29, 0.717) is 22.3 Å². The number of benzene rings is 1. The van der Waals surface area contributed by atoms with Crippen molar-refractivity contribution < 1.29 is 31.1 Å². The van der Waals surface area contributed by atoms with Crippen molar-refractivity contribution in [3.63, 3.8) is 0 Å². The largest absolute Gasteiger partial charge is 0.496 e. The number of aromatic nitrogens is 2. The van der Waals surface area contributed by atoms with Crippen molar-refractivity contribution in [1.29, 1.82) is 0 Å². The molecule has 0 radical (unpaired) electrons. The Morgan fingerprint density at radius 2 is 2.03 bits per heavy atom. The Balaban J connectivity index is 1.78. The molecular formula is C20H17ClF3N3O4S. The number of fused-ring (bicyclic) bond motifs is 2. The number of carbonyl (C=O) groups is 1. The van der Waals surface area contributed by atoms with Gasteiger partial charge in [0.1, 0.15) is 5.75 Å². The number of alkyl halides is 3. The molecule has 32 heavy (non-hydrogen) atoms. The molecule has 170 valence electrons. The van der Waals surface area contributed by atoms with Crippen LogP contribution < -0.4 is 10.1 Å². The first-order valence-corrected chi connectivity index (χ1v) is 11.3. The molecule has 1 amide bonds. The first-order chi connectivity index (χ1) is 15.0. The molecule has 4 rings (SSSR count). The fraction of sp³-hybridized carbons (Fsp3) is 0.300. The zero-order valence-corrected chi connectivity index (χ0v) is 18.2. The maximum Gasteiger partial charge on any atom is 0.471 e. The summed E-state index contributed by atoms with van der Waals surface area (Å²) < 4.78 is 71.3. The Labute approximate surface area is 186 Å². The monoisotopic (exact) mass is 487 g/mol. The number of rotatable bonds is 4. The van der Waals surface area contributed by atoms with Gasteiger partial charge in [0, 0.05) is 29.4 Å². The van der Waals surface area contributed by atoms with Gasteiger partial charge in [0.2, 0.25) is 0 Å². The number of amides is 1. The van der Waals surface area contributed by atoms with E-state index in [1.807, 2.05) is 5.32 Å². The zero-order valence-electron chi connectivity index (χ0n) is 16.6. The van der Waals surface area contributed by atoms with Gasteiger partial charge in [-0.3, -0.25) is 4.79 Å². The Morgan fingerprint density at radius 1 is 1.28 bits per heavy atom. The number of hydrogen-bond acceptors (Lipinski definition) is 5. The van der Waals surface area contributed by atoms with Crippen molar-refractivity contribution >= 4 is 38.6 Å². The normalized spacial score (nSPS) is 16.6. The smallest absolute Gasteiger partial charge is 0.471 e. The number of nitrogens with zero attached hydrogens (tertiary/aromatic N) is 2. The molecule has 1 atom stereocenters. The third kappa shape index (κ3) is 3.79. The van der Waals surface area contributed by atoms with Gasteiger partial charge in [-0.2, -0.15) is 13.2 Å². The van der Waals surface area contributed by atoms with E-state index in [9.17, 15) is 26.4 Å². The van der Waals surface area contributed by atoms with Gasteiger partial charge < -0.3 is 10.1 Å². The highest BCUT2D eigenvalue weighted by molar-refractivity contribution is 7.90. The van der Waals surface area contributed by atoms with E-state index in [2.05, 4.69) is 4.98 Å². The molecular weight excluding hydrogens is 471 g/mol. The summed E-state index contributed by atoms with van der Waals surface area (Å²) in [6.45, 7) is 0. The molecule has 0 aliphatic heterocycles. The Hall–Kier alpha value is -2.79. The lowest BCUT2D eigenvalue weighted by Gasteiger charge is -2.28. The first-order valence-electron chi connectivity index (χ1n) is 9.47. The minimum Gasteiger partial charge on any atom is -0.496 e.